The van der Waals surface area contributed by atoms with Gasteiger partial charge in [0.2, 0.25) is 10.0 Å². The number of benzene rings is 2. The smallest absolute Gasteiger partial charge is 0.251 e. The average Bonchev–Trinajstić information content (AvgIpc) is 3.19. The molecular weight excluding hydrogens is 372 g/mol. The Hall–Kier alpha value is -2.18. The highest BCUT2D eigenvalue weighted by Gasteiger charge is 2.29. The van der Waals surface area contributed by atoms with Crippen LogP contribution in [0.3, 0.4) is 0 Å². The van der Waals surface area contributed by atoms with Gasteiger partial charge in [0.15, 0.2) is 0 Å². The standard InChI is InChI=1S/C22H28N2O3S/c1-15-7-8-16(2)20(13-15)18(4)23-22(25)19-10-9-17(3)21(14-19)28(26,27)24-11-5-6-12-24/h7-10,13-14,18H,5-6,11-12H2,1-4H3,(H,23,25)/t18-/m0/s1. The summed E-state index contributed by atoms with van der Waals surface area (Å²) in [4.78, 5) is 13.0. The summed E-state index contributed by atoms with van der Waals surface area (Å²) in [7, 11) is -3.57. The van der Waals surface area contributed by atoms with Gasteiger partial charge in [0.1, 0.15) is 0 Å². The van der Waals surface area contributed by atoms with E-state index in [1.807, 2.05) is 32.9 Å². The van der Waals surface area contributed by atoms with E-state index < -0.39 is 10.0 Å². The molecule has 1 saturated heterocycles. The lowest BCUT2D eigenvalue weighted by Crippen LogP contribution is -2.30. The second-order valence-electron chi connectivity index (χ2n) is 7.65. The van der Waals surface area contributed by atoms with E-state index >= 15 is 0 Å². The van der Waals surface area contributed by atoms with Gasteiger partial charge in [-0.15, -0.1) is 0 Å². The van der Waals surface area contributed by atoms with Crippen LogP contribution in [0.15, 0.2) is 41.3 Å². The lowest BCUT2D eigenvalue weighted by Gasteiger charge is -2.19. The summed E-state index contributed by atoms with van der Waals surface area (Å²) >= 11 is 0. The third-order valence-corrected chi connectivity index (χ3v) is 7.42. The molecule has 0 aliphatic carbocycles. The Morgan fingerprint density at radius 3 is 2.32 bits per heavy atom. The van der Waals surface area contributed by atoms with Gasteiger partial charge in [-0.05, 0) is 69.4 Å². The Labute approximate surface area is 167 Å². The minimum Gasteiger partial charge on any atom is -0.346 e. The molecule has 1 fully saturated rings. The van der Waals surface area contributed by atoms with Crippen LogP contribution in [0.4, 0.5) is 0 Å². The molecule has 1 N–H and O–H groups in total. The number of hydrogen-bond acceptors (Lipinski definition) is 3. The lowest BCUT2D eigenvalue weighted by atomic mass is 9.99. The zero-order valence-electron chi connectivity index (χ0n) is 17.0. The molecule has 1 aliphatic rings. The van der Waals surface area contributed by atoms with Crippen LogP contribution < -0.4 is 5.32 Å². The summed E-state index contributed by atoms with van der Waals surface area (Å²) in [5, 5.41) is 3.00. The minimum absolute atomic E-state index is 0.174. The van der Waals surface area contributed by atoms with Crippen LogP contribution in [0.1, 0.15) is 58.4 Å². The van der Waals surface area contributed by atoms with Crippen LogP contribution in [0, 0.1) is 20.8 Å². The number of rotatable bonds is 5. The zero-order chi connectivity index (χ0) is 20.5. The fourth-order valence-electron chi connectivity index (χ4n) is 3.67. The Morgan fingerprint density at radius 2 is 1.64 bits per heavy atom. The van der Waals surface area contributed by atoms with Crippen molar-refractivity contribution >= 4 is 15.9 Å². The van der Waals surface area contributed by atoms with Crippen LogP contribution in [0.2, 0.25) is 0 Å². The number of carbonyl (C=O) groups excluding carboxylic acids is 1. The van der Waals surface area contributed by atoms with Crippen molar-refractivity contribution in [2.24, 2.45) is 0 Å². The van der Waals surface area contributed by atoms with Crippen molar-refractivity contribution in [3.05, 3.63) is 64.2 Å². The SMILES string of the molecule is Cc1ccc(C)c([C@H](C)NC(=O)c2ccc(C)c(S(=O)(=O)N3CCCC3)c2)c1. The molecule has 6 heteroatoms. The Bertz CT molecular complexity index is 993. The van der Waals surface area contributed by atoms with Gasteiger partial charge in [-0.3, -0.25) is 4.79 Å². The predicted molar refractivity (Wildman–Crippen MR) is 111 cm³/mol. The van der Waals surface area contributed by atoms with E-state index in [-0.39, 0.29) is 16.8 Å². The first kappa shape index (κ1) is 20.6. The molecule has 1 aliphatic heterocycles. The third kappa shape index (κ3) is 4.13. The average molecular weight is 401 g/mol. The van der Waals surface area contributed by atoms with Crippen molar-refractivity contribution < 1.29 is 13.2 Å². The summed E-state index contributed by atoms with van der Waals surface area (Å²) in [6.07, 6.45) is 1.76. The highest BCUT2D eigenvalue weighted by molar-refractivity contribution is 7.89. The topological polar surface area (TPSA) is 66.5 Å². The maximum Gasteiger partial charge on any atom is 0.251 e. The normalized spacial score (nSPS) is 16.1. The highest BCUT2D eigenvalue weighted by Crippen LogP contribution is 2.25. The van der Waals surface area contributed by atoms with Crippen LogP contribution in [-0.2, 0) is 10.0 Å². The maximum atomic E-state index is 13.0. The summed E-state index contributed by atoms with van der Waals surface area (Å²) < 4.78 is 27.4. The molecule has 2 aromatic rings. The van der Waals surface area contributed by atoms with Gasteiger partial charge in [-0.25, -0.2) is 8.42 Å². The molecule has 0 bridgehead atoms. The van der Waals surface area contributed by atoms with Crippen LogP contribution >= 0.6 is 0 Å². The predicted octanol–water partition coefficient (Wildman–Crippen LogP) is 3.89. The Kier molecular flexibility index (Phi) is 5.91. The van der Waals surface area contributed by atoms with E-state index in [9.17, 15) is 13.2 Å². The minimum atomic E-state index is -3.57. The van der Waals surface area contributed by atoms with Crippen molar-refractivity contribution in [3.63, 3.8) is 0 Å². The quantitative estimate of drug-likeness (QED) is 0.828. The number of amides is 1. The monoisotopic (exact) mass is 400 g/mol. The first-order valence-corrected chi connectivity index (χ1v) is 11.1. The van der Waals surface area contributed by atoms with E-state index in [1.54, 1.807) is 19.1 Å². The molecule has 1 heterocycles. The molecule has 2 aromatic carbocycles. The number of carbonyl (C=O) groups is 1. The molecule has 3 rings (SSSR count). The molecule has 0 radical (unpaired) electrons. The molecule has 0 unspecified atom stereocenters. The van der Waals surface area contributed by atoms with E-state index in [1.165, 1.54) is 10.4 Å². The molecule has 150 valence electrons. The van der Waals surface area contributed by atoms with Crippen molar-refractivity contribution in [1.82, 2.24) is 9.62 Å². The zero-order valence-corrected chi connectivity index (χ0v) is 17.8. The number of nitrogens with one attached hydrogen (secondary N) is 1. The first-order valence-electron chi connectivity index (χ1n) is 9.69. The number of sulfonamides is 1. The van der Waals surface area contributed by atoms with Crippen LogP contribution in [0.5, 0.6) is 0 Å². The van der Waals surface area contributed by atoms with Crippen molar-refractivity contribution in [2.45, 2.75) is 51.5 Å². The van der Waals surface area contributed by atoms with Gasteiger partial charge in [0.25, 0.3) is 5.91 Å². The lowest BCUT2D eigenvalue weighted by molar-refractivity contribution is 0.0939. The molecular formula is C22H28N2O3S. The molecule has 0 saturated carbocycles. The highest BCUT2D eigenvalue weighted by atomic mass is 32.2. The van der Waals surface area contributed by atoms with Crippen LogP contribution in [0.25, 0.3) is 0 Å². The largest absolute Gasteiger partial charge is 0.346 e. The second-order valence-corrected chi connectivity index (χ2v) is 9.55. The van der Waals surface area contributed by atoms with Gasteiger partial charge in [-0.2, -0.15) is 4.31 Å². The summed E-state index contributed by atoms with van der Waals surface area (Å²) in [5.41, 5.74) is 4.33. The van der Waals surface area contributed by atoms with Crippen molar-refractivity contribution in [2.75, 3.05) is 13.1 Å². The Balaban J connectivity index is 1.85. The summed E-state index contributed by atoms with van der Waals surface area (Å²) in [6, 6.07) is 10.9. The maximum absolute atomic E-state index is 13.0. The number of nitrogens with zero attached hydrogens (tertiary/aromatic N) is 1. The van der Waals surface area contributed by atoms with Gasteiger partial charge >= 0.3 is 0 Å². The Morgan fingerprint density at radius 1 is 1.00 bits per heavy atom. The molecule has 5 nitrogen and oxygen atoms in total. The van der Waals surface area contributed by atoms with Gasteiger partial charge in [0.05, 0.1) is 10.9 Å². The van der Waals surface area contributed by atoms with Crippen molar-refractivity contribution in [3.8, 4) is 0 Å². The number of hydrogen-bond donors (Lipinski definition) is 1. The first-order chi connectivity index (χ1) is 13.2. The van der Waals surface area contributed by atoms with Gasteiger partial charge in [0, 0.05) is 18.7 Å². The van der Waals surface area contributed by atoms with E-state index in [2.05, 4.69) is 11.4 Å². The fraction of sp³-hybridized carbons (Fsp3) is 0.409. The molecule has 0 spiro atoms. The molecule has 1 amide bonds. The van der Waals surface area contributed by atoms with Gasteiger partial charge < -0.3 is 5.32 Å². The molecule has 1 atom stereocenters. The van der Waals surface area contributed by atoms with Crippen LogP contribution in [-0.4, -0.2) is 31.7 Å². The van der Waals surface area contributed by atoms with E-state index in [0.29, 0.717) is 24.2 Å². The van der Waals surface area contributed by atoms with Gasteiger partial charge in [-0.1, -0.05) is 29.8 Å². The van der Waals surface area contributed by atoms with E-state index in [4.69, 9.17) is 0 Å². The third-order valence-electron chi connectivity index (χ3n) is 5.38. The number of aryl methyl sites for hydroxylation is 3. The van der Waals surface area contributed by atoms with Crippen molar-refractivity contribution in [1.29, 1.82) is 0 Å². The summed E-state index contributed by atoms with van der Waals surface area (Å²) in [5.74, 6) is -0.272. The molecule has 0 aromatic heterocycles. The molecule has 28 heavy (non-hydrogen) atoms. The van der Waals surface area contributed by atoms with E-state index in [0.717, 1.165) is 29.5 Å². The fourth-order valence-corrected chi connectivity index (χ4v) is 5.44. The summed E-state index contributed by atoms with van der Waals surface area (Å²) in [6.45, 7) is 8.83. The second kappa shape index (κ2) is 8.05.